The number of hydrogen-bond donors (Lipinski definition) is 1. The van der Waals surface area contributed by atoms with E-state index in [2.05, 4.69) is 19.9 Å². The van der Waals surface area contributed by atoms with Gasteiger partial charge in [-0.3, -0.25) is 9.69 Å². The first-order chi connectivity index (χ1) is 13.7. The van der Waals surface area contributed by atoms with Crippen molar-refractivity contribution in [2.24, 2.45) is 0 Å². The van der Waals surface area contributed by atoms with Gasteiger partial charge in [0.1, 0.15) is 12.4 Å². The van der Waals surface area contributed by atoms with Crippen molar-refractivity contribution in [3.8, 4) is 5.75 Å². The van der Waals surface area contributed by atoms with Crippen LogP contribution in [0.15, 0.2) is 18.2 Å². The van der Waals surface area contributed by atoms with Gasteiger partial charge in [-0.25, -0.2) is 0 Å². The summed E-state index contributed by atoms with van der Waals surface area (Å²) in [5, 5.41) is 3.36. The second-order valence-corrected chi connectivity index (χ2v) is 7.35. The number of benzene rings is 1. The summed E-state index contributed by atoms with van der Waals surface area (Å²) in [6, 6.07) is 4.69. The molecular weight excluding hydrogens is 411 g/mol. The third-order valence-electron chi connectivity index (χ3n) is 4.78. The largest absolute Gasteiger partial charge is 0.495 e. The zero-order valence-corrected chi connectivity index (χ0v) is 17.4. The summed E-state index contributed by atoms with van der Waals surface area (Å²) in [7, 11) is 1.52. The van der Waals surface area contributed by atoms with E-state index in [1.807, 2.05) is 6.92 Å². The summed E-state index contributed by atoms with van der Waals surface area (Å²) in [5.41, 5.74) is 0.523. The number of nitrogens with one attached hydrogen (secondary N) is 1. The first kappa shape index (κ1) is 23.7. The third-order valence-corrected chi connectivity index (χ3v) is 5.02. The van der Waals surface area contributed by atoms with Crippen molar-refractivity contribution < 1.29 is 27.4 Å². The van der Waals surface area contributed by atoms with E-state index in [0.717, 1.165) is 13.1 Å². The Labute approximate surface area is 173 Å². The first-order valence-electron chi connectivity index (χ1n) is 9.45. The highest BCUT2D eigenvalue weighted by Crippen LogP contribution is 2.28. The fourth-order valence-corrected chi connectivity index (χ4v) is 3.31. The molecule has 1 saturated heterocycles. The Bertz CT molecular complexity index is 668. The number of carbonyl (C=O) groups is 1. The quantitative estimate of drug-likeness (QED) is 0.601. The van der Waals surface area contributed by atoms with Crippen LogP contribution in [0.4, 0.5) is 18.9 Å². The van der Waals surface area contributed by atoms with E-state index >= 15 is 0 Å². The molecule has 0 aromatic heterocycles. The van der Waals surface area contributed by atoms with E-state index in [1.54, 1.807) is 18.2 Å². The second kappa shape index (κ2) is 11.0. The molecule has 29 heavy (non-hydrogen) atoms. The second-order valence-electron chi connectivity index (χ2n) is 6.91. The maximum absolute atomic E-state index is 12.6. The van der Waals surface area contributed by atoms with E-state index < -0.39 is 12.8 Å². The number of rotatable bonds is 9. The van der Waals surface area contributed by atoms with Gasteiger partial charge < -0.3 is 19.7 Å². The normalized spacial score (nSPS) is 17.2. The molecule has 1 N–H and O–H groups in total. The minimum Gasteiger partial charge on any atom is -0.495 e. The molecule has 0 spiro atoms. The van der Waals surface area contributed by atoms with Crippen LogP contribution >= 0.6 is 11.6 Å². The van der Waals surface area contributed by atoms with Gasteiger partial charge in [0, 0.05) is 44.4 Å². The van der Waals surface area contributed by atoms with Crippen LogP contribution in [0.2, 0.25) is 5.02 Å². The van der Waals surface area contributed by atoms with Crippen LogP contribution in [0.25, 0.3) is 0 Å². The van der Waals surface area contributed by atoms with Crippen molar-refractivity contribution in [2.45, 2.75) is 25.6 Å². The average Bonchev–Trinajstić information content (AvgIpc) is 2.67. The van der Waals surface area contributed by atoms with Crippen molar-refractivity contribution in [2.75, 3.05) is 58.4 Å². The monoisotopic (exact) mass is 437 g/mol. The van der Waals surface area contributed by atoms with Crippen molar-refractivity contribution >= 4 is 23.2 Å². The Kier molecular flexibility index (Phi) is 9.01. The molecule has 2 rings (SSSR count). The summed E-state index contributed by atoms with van der Waals surface area (Å²) in [5.74, 6) is 0.382. The third kappa shape index (κ3) is 8.00. The van der Waals surface area contributed by atoms with Crippen LogP contribution < -0.4 is 10.1 Å². The number of halogens is 4. The Morgan fingerprint density at radius 1 is 1.28 bits per heavy atom. The predicted molar refractivity (Wildman–Crippen MR) is 106 cm³/mol. The summed E-state index contributed by atoms with van der Waals surface area (Å²) in [6.45, 7) is 4.29. The number of alkyl halides is 3. The Hall–Kier alpha value is -1.55. The summed E-state index contributed by atoms with van der Waals surface area (Å²) >= 11 is 6.00. The number of piperazine rings is 1. The molecule has 1 fully saturated rings. The first-order valence-corrected chi connectivity index (χ1v) is 9.82. The highest BCUT2D eigenvalue weighted by molar-refractivity contribution is 6.31. The van der Waals surface area contributed by atoms with Gasteiger partial charge in [0.05, 0.1) is 18.8 Å². The van der Waals surface area contributed by atoms with Crippen molar-refractivity contribution in [3.05, 3.63) is 23.2 Å². The van der Waals surface area contributed by atoms with Gasteiger partial charge >= 0.3 is 6.18 Å². The SMILES string of the molecule is COc1ccc(Cl)cc1NC(=O)C(C)N1CCN(CCCOCC(F)(F)F)CC1. The number of methoxy groups -OCH3 is 1. The van der Waals surface area contributed by atoms with Crippen molar-refractivity contribution in [1.82, 2.24) is 9.80 Å². The van der Waals surface area contributed by atoms with E-state index in [-0.39, 0.29) is 18.6 Å². The molecule has 1 heterocycles. The standard InChI is InChI=1S/C19H27ClF3N3O3/c1-14(18(27)24-16-12-15(20)4-5-17(16)28-2)26-9-7-25(8-10-26)6-3-11-29-13-19(21,22)23/h4-5,12,14H,3,6-11,13H2,1-2H3,(H,24,27). The molecule has 0 aliphatic carbocycles. The minimum absolute atomic E-state index is 0.0833. The highest BCUT2D eigenvalue weighted by atomic mass is 35.5. The van der Waals surface area contributed by atoms with Gasteiger partial charge in [0.25, 0.3) is 0 Å². The topological polar surface area (TPSA) is 54.0 Å². The number of carbonyl (C=O) groups excluding carboxylic acids is 1. The van der Waals surface area contributed by atoms with Crippen LogP contribution in [0, 0.1) is 0 Å². The zero-order chi connectivity index (χ0) is 21.4. The fraction of sp³-hybridized carbons (Fsp3) is 0.632. The molecule has 0 radical (unpaired) electrons. The lowest BCUT2D eigenvalue weighted by atomic mass is 10.2. The van der Waals surface area contributed by atoms with E-state index in [4.69, 9.17) is 16.3 Å². The molecule has 10 heteroatoms. The smallest absolute Gasteiger partial charge is 0.411 e. The van der Waals surface area contributed by atoms with E-state index in [1.165, 1.54) is 7.11 Å². The van der Waals surface area contributed by atoms with Crippen LogP contribution in [0.5, 0.6) is 5.75 Å². The maximum Gasteiger partial charge on any atom is 0.411 e. The molecule has 0 bridgehead atoms. The molecular formula is C19H27ClF3N3O3. The molecule has 1 unspecified atom stereocenters. The number of amides is 1. The molecule has 1 aromatic rings. The number of ether oxygens (including phenoxy) is 2. The van der Waals surface area contributed by atoms with Gasteiger partial charge in [0.2, 0.25) is 5.91 Å². The van der Waals surface area contributed by atoms with Crippen LogP contribution in [-0.2, 0) is 9.53 Å². The Morgan fingerprint density at radius 2 is 1.97 bits per heavy atom. The molecule has 1 amide bonds. The average molecular weight is 438 g/mol. The van der Waals surface area contributed by atoms with E-state index in [9.17, 15) is 18.0 Å². The van der Waals surface area contributed by atoms with Crippen molar-refractivity contribution in [1.29, 1.82) is 0 Å². The number of anilines is 1. The lowest BCUT2D eigenvalue weighted by Crippen LogP contribution is -2.52. The molecule has 1 atom stereocenters. The lowest BCUT2D eigenvalue weighted by molar-refractivity contribution is -0.174. The van der Waals surface area contributed by atoms with Crippen molar-refractivity contribution in [3.63, 3.8) is 0 Å². The summed E-state index contributed by atoms with van der Waals surface area (Å²) in [4.78, 5) is 16.9. The zero-order valence-electron chi connectivity index (χ0n) is 16.6. The highest BCUT2D eigenvalue weighted by Gasteiger charge is 2.28. The van der Waals surface area contributed by atoms with Crippen LogP contribution in [0.3, 0.4) is 0 Å². The summed E-state index contributed by atoms with van der Waals surface area (Å²) in [6.07, 6.45) is -3.74. The van der Waals surface area contributed by atoms with Gasteiger partial charge in [0.15, 0.2) is 0 Å². The Balaban J connectivity index is 1.73. The van der Waals surface area contributed by atoms with Gasteiger partial charge in [-0.15, -0.1) is 0 Å². The molecule has 1 aromatic carbocycles. The molecule has 1 aliphatic rings. The Morgan fingerprint density at radius 3 is 2.59 bits per heavy atom. The fourth-order valence-electron chi connectivity index (χ4n) is 3.13. The van der Waals surface area contributed by atoms with E-state index in [0.29, 0.717) is 42.5 Å². The predicted octanol–water partition coefficient (Wildman–Crippen LogP) is 3.26. The van der Waals surface area contributed by atoms with Gasteiger partial charge in [-0.2, -0.15) is 13.2 Å². The maximum atomic E-state index is 12.6. The van der Waals surface area contributed by atoms with Crippen LogP contribution in [-0.4, -0.2) is 81.0 Å². The molecule has 1 aliphatic heterocycles. The minimum atomic E-state index is -4.28. The van der Waals surface area contributed by atoms with Crippen LogP contribution in [0.1, 0.15) is 13.3 Å². The molecule has 0 saturated carbocycles. The number of hydrogen-bond acceptors (Lipinski definition) is 5. The van der Waals surface area contributed by atoms with Gasteiger partial charge in [-0.1, -0.05) is 11.6 Å². The van der Waals surface area contributed by atoms with Gasteiger partial charge in [-0.05, 0) is 31.5 Å². The number of nitrogens with zero attached hydrogens (tertiary/aromatic N) is 2. The molecule has 164 valence electrons. The summed E-state index contributed by atoms with van der Waals surface area (Å²) < 4.78 is 46.0. The molecule has 6 nitrogen and oxygen atoms in total. The lowest BCUT2D eigenvalue weighted by Gasteiger charge is -2.37.